The Morgan fingerprint density at radius 3 is 2.21 bits per heavy atom. The molecule has 0 aromatic heterocycles. The zero-order chi connectivity index (χ0) is 13.8. The van der Waals surface area contributed by atoms with Gasteiger partial charge in [-0.25, -0.2) is 4.39 Å². The molecule has 0 fully saturated rings. The van der Waals surface area contributed by atoms with E-state index in [1.54, 1.807) is 12.1 Å². The molecular formula is C15H17FN2O. The molecule has 0 aliphatic heterocycles. The molecular weight excluding hydrogens is 243 g/mol. The van der Waals surface area contributed by atoms with Gasteiger partial charge in [0.15, 0.2) is 11.6 Å². The van der Waals surface area contributed by atoms with Gasteiger partial charge in [0.25, 0.3) is 0 Å². The number of rotatable bonds is 4. The van der Waals surface area contributed by atoms with E-state index in [1.807, 2.05) is 43.3 Å². The maximum atomic E-state index is 13.3. The minimum Gasteiger partial charge on any atom is -0.494 e. The average molecular weight is 260 g/mol. The normalized spacial score (nSPS) is 10.1. The van der Waals surface area contributed by atoms with Gasteiger partial charge in [0.05, 0.1) is 7.11 Å². The summed E-state index contributed by atoms with van der Waals surface area (Å²) in [5, 5.41) is 3.21. The third-order valence-corrected chi connectivity index (χ3v) is 2.82. The van der Waals surface area contributed by atoms with Crippen LogP contribution in [0.4, 0.5) is 21.5 Å². The molecule has 0 aliphatic carbocycles. The van der Waals surface area contributed by atoms with E-state index < -0.39 is 0 Å². The third kappa shape index (κ3) is 3.16. The summed E-state index contributed by atoms with van der Waals surface area (Å²) in [7, 11) is 5.44. The SMILES string of the molecule is COc1cc(Nc2ccc(N(C)C)cc2)ccc1F. The van der Waals surface area contributed by atoms with Crippen LogP contribution in [-0.2, 0) is 0 Å². The topological polar surface area (TPSA) is 24.5 Å². The smallest absolute Gasteiger partial charge is 0.165 e. The summed E-state index contributed by atoms with van der Waals surface area (Å²) < 4.78 is 18.2. The molecule has 4 heteroatoms. The number of benzene rings is 2. The van der Waals surface area contributed by atoms with Gasteiger partial charge in [-0.15, -0.1) is 0 Å². The fourth-order valence-electron chi connectivity index (χ4n) is 1.75. The van der Waals surface area contributed by atoms with E-state index in [9.17, 15) is 4.39 Å². The molecule has 2 rings (SSSR count). The van der Waals surface area contributed by atoms with Gasteiger partial charge in [-0.2, -0.15) is 0 Å². The lowest BCUT2D eigenvalue weighted by atomic mass is 10.2. The number of hydrogen-bond donors (Lipinski definition) is 1. The van der Waals surface area contributed by atoms with Crippen LogP contribution in [0, 0.1) is 5.82 Å². The summed E-state index contributed by atoms with van der Waals surface area (Å²) in [5.41, 5.74) is 2.86. The molecule has 0 aliphatic rings. The molecule has 0 atom stereocenters. The molecule has 0 bridgehead atoms. The van der Waals surface area contributed by atoms with Gasteiger partial charge in [-0.05, 0) is 36.4 Å². The summed E-state index contributed by atoms with van der Waals surface area (Å²) in [4.78, 5) is 2.03. The number of methoxy groups -OCH3 is 1. The molecule has 2 aromatic rings. The van der Waals surface area contributed by atoms with Crippen LogP contribution in [0.3, 0.4) is 0 Å². The van der Waals surface area contributed by atoms with Crippen molar-refractivity contribution in [2.75, 3.05) is 31.4 Å². The Balaban J connectivity index is 2.16. The number of nitrogens with zero attached hydrogens (tertiary/aromatic N) is 1. The summed E-state index contributed by atoms with van der Waals surface area (Å²) in [5.74, 6) is -0.133. The molecule has 100 valence electrons. The van der Waals surface area contributed by atoms with Gasteiger partial charge in [-0.1, -0.05) is 0 Å². The first kappa shape index (κ1) is 13.2. The largest absolute Gasteiger partial charge is 0.494 e. The van der Waals surface area contributed by atoms with Crippen molar-refractivity contribution in [1.82, 2.24) is 0 Å². The summed E-state index contributed by atoms with van der Waals surface area (Å²) >= 11 is 0. The second-order valence-corrected chi connectivity index (χ2v) is 4.42. The van der Waals surface area contributed by atoms with Gasteiger partial charge >= 0.3 is 0 Å². The maximum Gasteiger partial charge on any atom is 0.165 e. The zero-order valence-corrected chi connectivity index (χ0v) is 11.3. The standard InChI is InChI=1S/C15H17FN2O/c1-18(2)13-7-4-11(5-8-13)17-12-6-9-14(16)15(10-12)19-3/h4-10,17H,1-3H3. The Bertz CT molecular complexity index is 553. The van der Waals surface area contributed by atoms with Crippen LogP contribution in [-0.4, -0.2) is 21.2 Å². The minimum absolute atomic E-state index is 0.231. The molecule has 19 heavy (non-hydrogen) atoms. The number of hydrogen-bond acceptors (Lipinski definition) is 3. The van der Waals surface area contributed by atoms with Crippen molar-refractivity contribution >= 4 is 17.1 Å². The molecule has 2 aromatic carbocycles. The number of ether oxygens (including phenoxy) is 1. The van der Waals surface area contributed by atoms with Gasteiger partial charge in [0, 0.05) is 37.2 Å². The molecule has 0 unspecified atom stereocenters. The predicted molar refractivity (Wildman–Crippen MR) is 77.0 cm³/mol. The average Bonchev–Trinajstić information content (AvgIpc) is 2.41. The fraction of sp³-hybridized carbons (Fsp3) is 0.200. The number of halogens is 1. The van der Waals surface area contributed by atoms with Gasteiger partial charge in [0.2, 0.25) is 0 Å². The Kier molecular flexibility index (Phi) is 3.90. The lowest BCUT2D eigenvalue weighted by Crippen LogP contribution is -2.08. The fourth-order valence-corrected chi connectivity index (χ4v) is 1.75. The maximum absolute atomic E-state index is 13.3. The molecule has 3 nitrogen and oxygen atoms in total. The lowest BCUT2D eigenvalue weighted by molar-refractivity contribution is 0.387. The zero-order valence-electron chi connectivity index (χ0n) is 11.3. The van der Waals surface area contributed by atoms with Crippen molar-refractivity contribution in [3.8, 4) is 5.75 Å². The van der Waals surface area contributed by atoms with Crippen LogP contribution in [0.1, 0.15) is 0 Å². The summed E-state index contributed by atoms with van der Waals surface area (Å²) in [6.07, 6.45) is 0. The molecule has 0 saturated carbocycles. The quantitative estimate of drug-likeness (QED) is 0.908. The minimum atomic E-state index is -0.365. The second-order valence-electron chi connectivity index (χ2n) is 4.42. The molecule has 1 N–H and O–H groups in total. The molecule has 0 heterocycles. The summed E-state index contributed by atoms with van der Waals surface area (Å²) in [6, 6.07) is 12.7. The molecule has 0 radical (unpaired) electrons. The second kappa shape index (κ2) is 5.61. The highest BCUT2D eigenvalue weighted by Crippen LogP contribution is 2.25. The first-order valence-electron chi connectivity index (χ1n) is 5.98. The van der Waals surface area contributed by atoms with E-state index in [-0.39, 0.29) is 11.6 Å². The first-order chi connectivity index (χ1) is 9.10. The highest BCUT2D eigenvalue weighted by atomic mass is 19.1. The van der Waals surface area contributed by atoms with Crippen LogP contribution in [0.25, 0.3) is 0 Å². The van der Waals surface area contributed by atoms with Gasteiger partial charge < -0.3 is 15.0 Å². The molecule has 0 amide bonds. The van der Waals surface area contributed by atoms with Gasteiger partial charge in [0.1, 0.15) is 0 Å². The highest BCUT2D eigenvalue weighted by Gasteiger charge is 2.04. The predicted octanol–water partition coefficient (Wildman–Crippen LogP) is 3.64. The van der Waals surface area contributed by atoms with E-state index >= 15 is 0 Å². The van der Waals surface area contributed by atoms with Crippen LogP contribution >= 0.6 is 0 Å². The van der Waals surface area contributed by atoms with Crippen molar-refractivity contribution in [2.24, 2.45) is 0 Å². The van der Waals surface area contributed by atoms with Crippen molar-refractivity contribution in [3.05, 3.63) is 48.3 Å². The highest BCUT2D eigenvalue weighted by molar-refractivity contribution is 5.63. The molecule has 0 spiro atoms. The number of nitrogens with one attached hydrogen (secondary N) is 1. The van der Waals surface area contributed by atoms with E-state index in [1.165, 1.54) is 13.2 Å². The van der Waals surface area contributed by atoms with Crippen LogP contribution in [0.15, 0.2) is 42.5 Å². The van der Waals surface area contributed by atoms with E-state index in [4.69, 9.17) is 4.74 Å². The Labute approximate surface area is 112 Å². The Morgan fingerprint density at radius 1 is 1.00 bits per heavy atom. The lowest BCUT2D eigenvalue weighted by Gasteiger charge is -2.13. The Hall–Kier alpha value is -2.23. The van der Waals surface area contributed by atoms with Crippen LogP contribution in [0.5, 0.6) is 5.75 Å². The third-order valence-electron chi connectivity index (χ3n) is 2.82. The van der Waals surface area contributed by atoms with Crippen molar-refractivity contribution in [1.29, 1.82) is 0 Å². The van der Waals surface area contributed by atoms with E-state index in [2.05, 4.69) is 5.32 Å². The van der Waals surface area contributed by atoms with Crippen molar-refractivity contribution in [3.63, 3.8) is 0 Å². The number of anilines is 3. The first-order valence-corrected chi connectivity index (χ1v) is 5.98. The van der Waals surface area contributed by atoms with Crippen LogP contribution < -0.4 is 15.0 Å². The van der Waals surface area contributed by atoms with Crippen molar-refractivity contribution in [2.45, 2.75) is 0 Å². The molecule has 0 saturated heterocycles. The van der Waals surface area contributed by atoms with E-state index in [0.717, 1.165) is 17.1 Å². The monoisotopic (exact) mass is 260 g/mol. The summed E-state index contributed by atoms with van der Waals surface area (Å²) in [6.45, 7) is 0. The van der Waals surface area contributed by atoms with Gasteiger partial charge in [-0.3, -0.25) is 0 Å². The van der Waals surface area contributed by atoms with Crippen molar-refractivity contribution < 1.29 is 9.13 Å². The van der Waals surface area contributed by atoms with Crippen LogP contribution in [0.2, 0.25) is 0 Å². The van der Waals surface area contributed by atoms with E-state index in [0.29, 0.717) is 0 Å². The Morgan fingerprint density at radius 2 is 1.63 bits per heavy atom.